The van der Waals surface area contributed by atoms with Gasteiger partial charge in [0.2, 0.25) is 5.91 Å². The monoisotopic (exact) mass is 270 g/mol. The van der Waals surface area contributed by atoms with Crippen molar-refractivity contribution in [2.75, 3.05) is 13.6 Å². The summed E-state index contributed by atoms with van der Waals surface area (Å²) in [5.41, 5.74) is 0. The van der Waals surface area contributed by atoms with Crippen LogP contribution < -0.4 is 10.6 Å². The van der Waals surface area contributed by atoms with E-state index >= 15 is 0 Å². The summed E-state index contributed by atoms with van der Waals surface area (Å²) in [6.07, 6.45) is 5.42. The van der Waals surface area contributed by atoms with Crippen molar-refractivity contribution in [2.24, 2.45) is 5.92 Å². The van der Waals surface area contributed by atoms with E-state index in [-0.39, 0.29) is 24.2 Å². The first-order valence-corrected chi connectivity index (χ1v) is 7.67. The van der Waals surface area contributed by atoms with Crippen molar-refractivity contribution in [3.8, 4) is 0 Å². The van der Waals surface area contributed by atoms with Crippen molar-refractivity contribution in [3.05, 3.63) is 0 Å². The van der Waals surface area contributed by atoms with E-state index in [2.05, 4.69) is 17.6 Å². The van der Waals surface area contributed by atoms with E-state index in [4.69, 9.17) is 4.74 Å². The SMILES string of the molecule is CCC(OC1CCCC(C)C1)C(=O)NCC(C)NC. The third-order valence-electron chi connectivity index (χ3n) is 3.98. The van der Waals surface area contributed by atoms with Gasteiger partial charge in [-0.3, -0.25) is 4.79 Å². The predicted octanol–water partition coefficient (Wildman–Crippen LogP) is 2.08. The zero-order chi connectivity index (χ0) is 14.3. The number of hydrogen-bond donors (Lipinski definition) is 2. The van der Waals surface area contributed by atoms with Gasteiger partial charge in [0, 0.05) is 12.6 Å². The van der Waals surface area contributed by atoms with E-state index in [1.54, 1.807) is 0 Å². The van der Waals surface area contributed by atoms with Gasteiger partial charge in [0.1, 0.15) is 6.10 Å². The lowest BCUT2D eigenvalue weighted by Gasteiger charge is -2.30. The molecule has 0 saturated heterocycles. The molecule has 0 heterocycles. The fraction of sp³-hybridized carbons (Fsp3) is 0.933. The number of carbonyl (C=O) groups is 1. The van der Waals surface area contributed by atoms with Crippen molar-refractivity contribution in [1.82, 2.24) is 10.6 Å². The van der Waals surface area contributed by atoms with Crippen LogP contribution in [-0.2, 0) is 9.53 Å². The van der Waals surface area contributed by atoms with Gasteiger partial charge in [0.05, 0.1) is 6.10 Å². The maximum Gasteiger partial charge on any atom is 0.249 e. The first-order valence-electron chi connectivity index (χ1n) is 7.67. The topological polar surface area (TPSA) is 50.4 Å². The molecular formula is C15H30N2O2. The van der Waals surface area contributed by atoms with Gasteiger partial charge in [-0.05, 0) is 39.2 Å². The van der Waals surface area contributed by atoms with E-state index in [9.17, 15) is 4.79 Å². The van der Waals surface area contributed by atoms with Gasteiger partial charge in [-0.25, -0.2) is 0 Å². The predicted molar refractivity (Wildman–Crippen MR) is 78.1 cm³/mol. The Kier molecular flexibility index (Phi) is 7.39. The van der Waals surface area contributed by atoms with Crippen molar-refractivity contribution in [2.45, 2.75) is 71.1 Å². The highest BCUT2D eigenvalue weighted by Crippen LogP contribution is 2.26. The summed E-state index contributed by atoms with van der Waals surface area (Å²) in [5.74, 6) is 0.756. The molecule has 0 spiro atoms. The summed E-state index contributed by atoms with van der Waals surface area (Å²) in [6, 6.07) is 0.288. The normalized spacial score (nSPS) is 26.7. The lowest BCUT2D eigenvalue weighted by atomic mass is 9.88. The van der Waals surface area contributed by atoms with E-state index in [0.29, 0.717) is 6.54 Å². The maximum atomic E-state index is 12.1. The Labute approximate surface area is 117 Å². The fourth-order valence-electron chi connectivity index (χ4n) is 2.55. The molecule has 19 heavy (non-hydrogen) atoms. The Bertz CT molecular complexity index is 271. The molecule has 0 aromatic rings. The van der Waals surface area contributed by atoms with Gasteiger partial charge in [0.25, 0.3) is 0 Å². The Balaban J connectivity index is 2.36. The number of likely N-dealkylation sites (N-methyl/N-ethyl adjacent to an activating group) is 1. The van der Waals surface area contributed by atoms with E-state index in [0.717, 1.165) is 25.2 Å². The Morgan fingerprint density at radius 2 is 2.16 bits per heavy atom. The highest BCUT2D eigenvalue weighted by molar-refractivity contribution is 5.80. The quantitative estimate of drug-likeness (QED) is 0.745. The molecule has 1 amide bonds. The Morgan fingerprint density at radius 3 is 2.74 bits per heavy atom. The molecule has 2 N–H and O–H groups in total. The highest BCUT2D eigenvalue weighted by atomic mass is 16.5. The molecule has 4 unspecified atom stereocenters. The van der Waals surface area contributed by atoms with Crippen molar-refractivity contribution >= 4 is 5.91 Å². The molecule has 0 bridgehead atoms. The number of ether oxygens (including phenoxy) is 1. The molecule has 0 aliphatic heterocycles. The zero-order valence-corrected chi connectivity index (χ0v) is 12.9. The van der Waals surface area contributed by atoms with Crippen LogP contribution in [0.3, 0.4) is 0 Å². The van der Waals surface area contributed by atoms with Crippen LogP contribution in [0.5, 0.6) is 0 Å². The van der Waals surface area contributed by atoms with Crippen LogP contribution in [0, 0.1) is 5.92 Å². The molecule has 1 aliphatic rings. The molecule has 1 fully saturated rings. The minimum Gasteiger partial charge on any atom is -0.365 e. The molecule has 112 valence electrons. The van der Waals surface area contributed by atoms with Crippen molar-refractivity contribution in [3.63, 3.8) is 0 Å². The van der Waals surface area contributed by atoms with Crippen LogP contribution in [0.25, 0.3) is 0 Å². The maximum absolute atomic E-state index is 12.1. The third-order valence-corrected chi connectivity index (χ3v) is 3.98. The first kappa shape index (κ1) is 16.4. The van der Waals surface area contributed by atoms with E-state index < -0.39 is 0 Å². The van der Waals surface area contributed by atoms with E-state index in [1.165, 1.54) is 12.8 Å². The fourth-order valence-corrected chi connectivity index (χ4v) is 2.55. The largest absolute Gasteiger partial charge is 0.365 e. The van der Waals surface area contributed by atoms with Gasteiger partial charge < -0.3 is 15.4 Å². The molecule has 4 atom stereocenters. The second-order valence-corrected chi connectivity index (χ2v) is 5.86. The third kappa shape index (κ3) is 5.91. The van der Waals surface area contributed by atoms with Crippen molar-refractivity contribution in [1.29, 1.82) is 0 Å². The average Bonchev–Trinajstić information content (AvgIpc) is 2.41. The first-order chi connectivity index (χ1) is 9.06. The summed E-state index contributed by atoms with van der Waals surface area (Å²) in [7, 11) is 1.90. The molecule has 1 rings (SSSR count). The van der Waals surface area contributed by atoms with Crippen LogP contribution in [0.1, 0.15) is 52.9 Å². The number of hydrogen-bond acceptors (Lipinski definition) is 3. The molecule has 4 nitrogen and oxygen atoms in total. The van der Waals surface area contributed by atoms with Crippen LogP contribution in [0.4, 0.5) is 0 Å². The van der Waals surface area contributed by atoms with Gasteiger partial charge in [-0.15, -0.1) is 0 Å². The minimum absolute atomic E-state index is 0.0304. The summed E-state index contributed by atoms with van der Waals surface area (Å²) in [6.45, 7) is 6.98. The minimum atomic E-state index is -0.292. The van der Waals surface area contributed by atoms with Gasteiger partial charge in [0.15, 0.2) is 0 Å². The number of carbonyl (C=O) groups excluding carboxylic acids is 1. The van der Waals surface area contributed by atoms with E-state index in [1.807, 2.05) is 20.9 Å². The molecule has 4 heteroatoms. The van der Waals surface area contributed by atoms with Crippen LogP contribution in [0.15, 0.2) is 0 Å². The molecule has 1 saturated carbocycles. The van der Waals surface area contributed by atoms with Crippen LogP contribution >= 0.6 is 0 Å². The summed E-state index contributed by atoms with van der Waals surface area (Å²) in [5, 5.41) is 6.07. The smallest absolute Gasteiger partial charge is 0.249 e. The molecule has 1 aliphatic carbocycles. The lowest BCUT2D eigenvalue weighted by Crippen LogP contribution is -2.44. The Morgan fingerprint density at radius 1 is 1.42 bits per heavy atom. The highest BCUT2D eigenvalue weighted by Gasteiger charge is 2.25. The standard InChI is InChI=1S/C15H30N2O2/c1-5-14(15(18)17-10-12(3)16-4)19-13-8-6-7-11(2)9-13/h11-14,16H,5-10H2,1-4H3,(H,17,18). The second kappa shape index (κ2) is 8.54. The number of nitrogens with one attached hydrogen (secondary N) is 2. The summed E-state index contributed by atoms with van der Waals surface area (Å²) in [4.78, 5) is 12.1. The van der Waals surface area contributed by atoms with Gasteiger partial charge in [-0.1, -0.05) is 26.7 Å². The summed E-state index contributed by atoms with van der Waals surface area (Å²) >= 11 is 0. The molecule has 0 radical (unpaired) electrons. The van der Waals surface area contributed by atoms with Crippen LogP contribution in [-0.4, -0.2) is 37.7 Å². The summed E-state index contributed by atoms with van der Waals surface area (Å²) < 4.78 is 6.01. The average molecular weight is 270 g/mol. The number of amides is 1. The van der Waals surface area contributed by atoms with Crippen LogP contribution in [0.2, 0.25) is 0 Å². The number of rotatable bonds is 7. The second-order valence-electron chi connectivity index (χ2n) is 5.86. The molecule has 0 aromatic carbocycles. The van der Waals surface area contributed by atoms with Crippen molar-refractivity contribution < 1.29 is 9.53 Å². The zero-order valence-electron chi connectivity index (χ0n) is 12.9. The lowest BCUT2D eigenvalue weighted by molar-refractivity contribution is -0.139. The molecular weight excluding hydrogens is 240 g/mol. The van der Waals surface area contributed by atoms with Gasteiger partial charge >= 0.3 is 0 Å². The Hall–Kier alpha value is -0.610. The molecule has 0 aromatic heterocycles. The van der Waals surface area contributed by atoms with Gasteiger partial charge in [-0.2, -0.15) is 0 Å².